The Morgan fingerprint density at radius 3 is 1.36 bits per heavy atom. The van der Waals surface area contributed by atoms with Crippen LogP contribution in [0.5, 0.6) is 0 Å². The summed E-state index contributed by atoms with van der Waals surface area (Å²) in [5, 5.41) is 3.44. The lowest BCUT2D eigenvalue weighted by Crippen LogP contribution is -2.49. The molecule has 0 radical (unpaired) electrons. The maximum Gasteiger partial charge on any atom is 0.410 e. The number of carbonyl (C=O) groups is 6. The van der Waals surface area contributed by atoms with E-state index in [4.69, 9.17) is 42.1 Å². The van der Waals surface area contributed by atoms with Crippen LogP contribution in [0.3, 0.4) is 0 Å². The Bertz CT molecular complexity index is 1430. The number of piperidine rings is 3. The average Bonchev–Trinajstić information content (AvgIpc) is 3.20. The van der Waals surface area contributed by atoms with Gasteiger partial charge in [-0.05, 0) is 120 Å². The summed E-state index contributed by atoms with van der Waals surface area (Å²) < 4.78 is 29.3. The molecule has 0 aromatic carbocycles. The number of esters is 4. The van der Waals surface area contributed by atoms with Crippen molar-refractivity contribution in [3.63, 3.8) is 0 Å². The molecular formula is C43H72Cl2N4O12. The number of carbonyl (C=O) groups excluding carboxylic acids is 6. The summed E-state index contributed by atoms with van der Waals surface area (Å²) in [4.78, 5) is 76.2. The maximum atomic E-state index is 12.0. The molecule has 2 amide bonds. The van der Waals surface area contributed by atoms with Gasteiger partial charge in [0, 0.05) is 49.7 Å². The largest absolute Gasteiger partial charge is 0.469 e. The zero-order valence-corrected chi connectivity index (χ0v) is 40.3. The molecule has 6 atom stereocenters. The van der Waals surface area contributed by atoms with E-state index in [1.807, 2.05) is 62.3 Å². The van der Waals surface area contributed by atoms with E-state index in [9.17, 15) is 28.8 Å². The molecule has 1 aromatic heterocycles. The predicted octanol–water partition coefficient (Wildman–Crippen LogP) is 7.54. The molecule has 0 bridgehead atoms. The smallest absolute Gasteiger partial charge is 0.410 e. The van der Waals surface area contributed by atoms with Crippen molar-refractivity contribution in [3.8, 4) is 0 Å². The quantitative estimate of drug-likeness (QED) is 0.177. The number of ether oxygens (including phenoxy) is 6. The van der Waals surface area contributed by atoms with Gasteiger partial charge >= 0.3 is 36.1 Å². The zero-order chi connectivity index (χ0) is 47.1. The molecule has 3 aliphatic heterocycles. The van der Waals surface area contributed by atoms with Crippen LogP contribution in [0.4, 0.5) is 9.59 Å². The highest BCUT2D eigenvalue weighted by molar-refractivity contribution is 6.40. The van der Waals surface area contributed by atoms with Crippen LogP contribution in [0, 0.1) is 24.7 Å². The van der Waals surface area contributed by atoms with Gasteiger partial charge in [0.15, 0.2) is 0 Å². The number of pyridine rings is 1. The fourth-order valence-electron chi connectivity index (χ4n) is 6.15. The zero-order valence-electron chi connectivity index (χ0n) is 38.8. The summed E-state index contributed by atoms with van der Waals surface area (Å²) in [5.41, 5.74) is 0.333. The van der Waals surface area contributed by atoms with Gasteiger partial charge in [-0.3, -0.25) is 19.4 Å². The van der Waals surface area contributed by atoms with Gasteiger partial charge < -0.3 is 43.5 Å². The van der Waals surface area contributed by atoms with Crippen LogP contribution in [0.25, 0.3) is 0 Å². The summed E-state index contributed by atoms with van der Waals surface area (Å²) >= 11 is 9.53. The number of nitrogens with zero attached hydrogens (tertiary/aromatic N) is 3. The van der Waals surface area contributed by atoms with Crippen molar-refractivity contribution >= 4 is 59.3 Å². The molecule has 0 aliphatic carbocycles. The third-order valence-corrected chi connectivity index (χ3v) is 9.62. The highest BCUT2D eigenvalue weighted by atomic mass is 35.5. The minimum absolute atomic E-state index is 0.0793. The molecule has 0 spiro atoms. The Kier molecular flexibility index (Phi) is 26.8. The lowest BCUT2D eigenvalue weighted by Gasteiger charge is -2.37. The van der Waals surface area contributed by atoms with E-state index in [0.717, 1.165) is 50.8 Å². The number of halogens is 2. The van der Waals surface area contributed by atoms with Crippen molar-refractivity contribution in [2.45, 2.75) is 137 Å². The van der Waals surface area contributed by atoms with Crippen LogP contribution in [0.1, 0.15) is 117 Å². The van der Waals surface area contributed by atoms with Crippen molar-refractivity contribution in [2.75, 3.05) is 53.4 Å². The lowest BCUT2D eigenvalue weighted by atomic mass is 9.94. The molecule has 18 heteroatoms. The molecule has 0 saturated carbocycles. The van der Waals surface area contributed by atoms with Gasteiger partial charge in [-0.15, -0.1) is 23.2 Å². The first kappa shape index (κ1) is 57.1. The fourth-order valence-corrected chi connectivity index (χ4v) is 6.15. The lowest BCUT2D eigenvalue weighted by molar-refractivity contribution is -0.148. The van der Waals surface area contributed by atoms with Crippen molar-refractivity contribution in [2.24, 2.45) is 17.8 Å². The second kappa shape index (κ2) is 28.7. The number of aromatic nitrogens is 1. The summed E-state index contributed by atoms with van der Waals surface area (Å²) in [6.45, 7) is 20.4. The first-order valence-corrected chi connectivity index (χ1v) is 21.5. The molecule has 16 nitrogen and oxygen atoms in total. The number of methoxy groups -OCH3 is 4. The number of aryl methyl sites for hydroxylation is 1. The summed E-state index contributed by atoms with van der Waals surface area (Å²) in [5.74, 6) is -1.33. The second-order valence-corrected chi connectivity index (χ2v) is 17.8. The van der Waals surface area contributed by atoms with E-state index in [1.54, 1.807) is 21.9 Å². The van der Waals surface area contributed by atoms with Crippen molar-refractivity contribution in [1.82, 2.24) is 20.1 Å². The number of amides is 2. The van der Waals surface area contributed by atoms with Crippen molar-refractivity contribution < 1.29 is 57.2 Å². The van der Waals surface area contributed by atoms with Gasteiger partial charge in [-0.2, -0.15) is 0 Å². The number of hydrogen-bond donors (Lipinski definition) is 1. The number of nitrogens with one attached hydrogen (secondary N) is 1. The molecule has 1 aromatic rings. The molecule has 3 fully saturated rings. The van der Waals surface area contributed by atoms with Gasteiger partial charge in [0.25, 0.3) is 0 Å². The van der Waals surface area contributed by atoms with Crippen LogP contribution >= 0.6 is 23.2 Å². The normalized spacial score (nSPS) is 22.2. The fraction of sp³-hybridized carbons (Fsp3) is 0.744. The van der Waals surface area contributed by atoms with Gasteiger partial charge in [0.1, 0.15) is 11.2 Å². The number of hydrogen-bond acceptors (Lipinski definition) is 14. The maximum absolute atomic E-state index is 12.0. The Morgan fingerprint density at radius 2 is 1.05 bits per heavy atom. The Hall–Kier alpha value is -3.89. The molecule has 4 rings (SSSR count). The van der Waals surface area contributed by atoms with Crippen molar-refractivity contribution in [1.29, 1.82) is 0 Å². The van der Waals surface area contributed by atoms with Crippen molar-refractivity contribution in [3.05, 3.63) is 29.6 Å². The standard InChI is InChI=1S/2C13H23NO4.C8H15NO2.C8H9NO2.CH2Cl2/c2*1-9-6-7-10(11(15)17-5)8-14(9)12(16)18-13(2,3)4;2*1-6-3-4-7(5-9-6)8(10)11-2;2-1-3/h2*9-10H,6-8H2,1-5H3;6-7,9H,3-5H2,1-2H3;3-5H,1-2H3;1H2/t9-,10+;9-,10-;;;/m01.../s1. The summed E-state index contributed by atoms with van der Waals surface area (Å²) in [6, 6.07) is 4.21. The highest BCUT2D eigenvalue weighted by Crippen LogP contribution is 2.26. The molecule has 61 heavy (non-hydrogen) atoms. The van der Waals surface area contributed by atoms with Crippen LogP contribution in [-0.2, 0) is 42.8 Å². The highest BCUT2D eigenvalue weighted by Gasteiger charge is 2.36. The first-order valence-electron chi connectivity index (χ1n) is 20.5. The number of alkyl halides is 2. The Balaban J connectivity index is 0.000000787. The van der Waals surface area contributed by atoms with Gasteiger partial charge in [0.2, 0.25) is 0 Å². The van der Waals surface area contributed by atoms with E-state index in [0.29, 0.717) is 24.7 Å². The van der Waals surface area contributed by atoms with Crippen LogP contribution in [0.2, 0.25) is 0 Å². The Labute approximate surface area is 373 Å². The first-order chi connectivity index (χ1) is 28.4. The minimum atomic E-state index is -0.519. The van der Waals surface area contributed by atoms with E-state index in [2.05, 4.69) is 26.7 Å². The van der Waals surface area contributed by atoms with Crippen LogP contribution in [-0.4, -0.2) is 134 Å². The minimum Gasteiger partial charge on any atom is -0.469 e. The molecule has 1 N–H and O–H groups in total. The monoisotopic (exact) mass is 906 g/mol. The molecular weight excluding hydrogens is 835 g/mol. The van der Waals surface area contributed by atoms with E-state index < -0.39 is 11.2 Å². The molecule has 2 unspecified atom stereocenters. The Morgan fingerprint density at radius 1 is 0.656 bits per heavy atom. The van der Waals surface area contributed by atoms with E-state index in [-0.39, 0.29) is 71.2 Å². The summed E-state index contributed by atoms with van der Waals surface area (Å²) in [6.07, 6.45) is 5.91. The SMILES string of the molecule is COC(=O)C1CCC(C)NC1.COC(=O)[C@@H]1CC[C@@H](C)N(C(=O)OC(C)(C)C)C1.COC(=O)[C@@H]1CC[C@H](C)N(C(=O)OC(C)(C)C)C1.COC(=O)c1ccc(C)nc1.ClCCl. The molecule has 3 aliphatic rings. The average molecular weight is 908 g/mol. The molecule has 350 valence electrons. The topological polar surface area (TPSA) is 189 Å². The van der Waals surface area contributed by atoms with Gasteiger partial charge in [-0.1, -0.05) is 0 Å². The predicted molar refractivity (Wildman–Crippen MR) is 233 cm³/mol. The molecule has 3 saturated heterocycles. The number of rotatable bonds is 4. The summed E-state index contributed by atoms with van der Waals surface area (Å²) in [7, 11) is 5.54. The second-order valence-electron chi connectivity index (χ2n) is 16.9. The van der Waals surface area contributed by atoms with Crippen LogP contribution in [0.15, 0.2) is 18.3 Å². The van der Waals surface area contributed by atoms with E-state index >= 15 is 0 Å². The van der Waals surface area contributed by atoms with E-state index in [1.165, 1.54) is 34.6 Å². The van der Waals surface area contributed by atoms with Gasteiger partial charge in [-0.25, -0.2) is 14.4 Å². The van der Waals surface area contributed by atoms with Gasteiger partial charge in [0.05, 0.1) is 57.1 Å². The number of likely N-dealkylation sites (tertiary alicyclic amines) is 2. The van der Waals surface area contributed by atoms with Crippen LogP contribution < -0.4 is 5.32 Å². The molecule has 4 heterocycles. The third-order valence-electron chi connectivity index (χ3n) is 9.62. The third kappa shape index (κ3) is 23.2.